The number of halogens is 2. The van der Waals surface area contributed by atoms with Gasteiger partial charge in [0.2, 0.25) is 0 Å². The van der Waals surface area contributed by atoms with Crippen LogP contribution in [-0.4, -0.2) is 23.0 Å². The molecule has 1 N–H and O–H groups in total. The molecule has 0 fully saturated rings. The molecule has 1 atom stereocenters. The van der Waals surface area contributed by atoms with Gasteiger partial charge in [0.25, 0.3) is 5.91 Å². The van der Waals surface area contributed by atoms with E-state index in [1.807, 2.05) is 20.8 Å². The zero-order valence-corrected chi connectivity index (χ0v) is 13.9. The summed E-state index contributed by atoms with van der Waals surface area (Å²) in [5, 5.41) is 3.06. The van der Waals surface area contributed by atoms with E-state index in [1.165, 1.54) is 19.2 Å². The molecule has 0 saturated carbocycles. The molecule has 0 bridgehead atoms. The molecule has 5 nitrogen and oxygen atoms in total. The molecule has 0 aliphatic heterocycles. The lowest BCUT2D eigenvalue weighted by Gasteiger charge is -2.19. The van der Waals surface area contributed by atoms with Crippen molar-refractivity contribution in [2.24, 2.45) is 5.41 Å². The Morgan fingerprint density at radius 3 is 2.52 bits per heavy atom. The summed E-state index contributed by atoms with van der Waals surface area (Å²) < 4.78 is 5.08. The summed E-state index contributed by atoms with van der Waals surface area (Å²) in [6.45, 7) is 7.23. The molecule has 1 rings (SSSR count). The topological polar surface area (TPSA) is 68.3 Å². The highest BCUT2D eigenvalue weighted by Gasteiger charge is 2.23. The zero-order valence-electron chi connectivity index (χ0n) is 12.4. The number of nitrogens with zero attached hydrogens (tertiary/aromatic N) is 1. The standard InChI is InChI=1S/C14H18Cl2N2O3/c1-8(21-11(19)6-14(2,3)4)13(20)18-12-10(16)5-9(15)7-17-12/h5,7-8H,6H2,1-4H3,(H,17,18,20)/t8-/m0/s1. The van der Waals surface area contributed by atoms with Crippen LogP contribution in [0.5, 0.6) is 0 Å². The maximum Gasteiger partial charge on any atom is 0.307 e. The number of hydrogen-bond donors (Lipinski definition) is 1. The number of hydrogen-bond acceptors (Lipinski definition) is 4. The first-order valence-electron chi connectivity index (χ1n) is 6.40. The summed E-state index contributed by atoms with van der Waals surface area (Å²) in [5.74, 6) is -0.765. The molecule has 0 aliphatic rings. The first-order valence-corrected chi connectivity index (χ1v) is 7.15. The summed E-state index contributed by atoms with van der Waals surface area (Å²) >= 11 is 11.6. The second-order valence-corrected chi connectivity index (χ2v) is 6.69. The molecule has 1 amide bonds. The number of ether oxygens (including phenoxy) is 1. The van der Waals surface area contributed by atoms with Crippen LogP contribution >= 0.6 is 23.2 Å². The fraction of sp³-hybridized carbons (Fsp3) is 0.500. The monoisotopic (exact) mass is 332 g/mol. The van der Waals surface area contributed by atoms with E-state index in [1.54, 1.807) is 0 Å². The molecule has 116 valence electrons. The third-order valence-electron chi connectivity index (χ3n) is 2.40. The largest absolute Gasteiger partial charge is 0.453 e. The smallest absolute Gasteiger partial charge is 0.307 e. The van der Waals surface area contributed by atoms with Gasteiger partial charge >= 0.3 is 5.97 Å². The van der Waals surface area contributed by atoms with Crippen molar-refractivity contribution >= 4 is 40.9 Å². The summed E-state index contributed by atoms with van der Waals surface area (Å²) in [5.41, 5.74) is -0.200. The second kappa shape index (κ2) is 7.09. The molecule has 0 aromatic carbocycles. The molecule has 1 aromatic rings. The molecule has 0 saturated heterocycles. The van der Waals surface area contributed by atoms with Crippen molar-refractivity contribution in [3.63, 3.8) is 0 Å². The van der Waals surface area contributed by atoms with Crippen LogP contribution in [0.3, 0.4) is 0 Å². The van der Waals surface area contributed by atoms with Gasteiger partial charge in [0.05, 0.1) is 16.5 Å². The van der Waals surface area contributed by atoms with E-state index in [0.29, 0.717) is 5.02 Å². The fourth-order valence-electron chi connectivity index (χ4n) is 1.45. The van der Waals surface area contributed by atoms with E-state index in [4.69, 9.17) is 27.9 Å². The van der Waals surface area contributed by atoms with Crippen molar-refractivity contribution in [3.8, 4) is 0 Å². The van der Waals surface area contributed by atoms with Gasteiger partial charge in [-0.3, -0.25) is 9.59 Å². The van der Waals surface area contributed by atoms with Crippen molar-refractivity contribution in [1.82, 2.24) is 4.98 Å². The normalized spacial score (nSPS) is 12.7. The molecule has 0 radical (unpaired) electrons. The Morgan fingerprint density at radius 1 is 1.38 bits per heavy atom. The summed E-state index contributed by atoms with van der Waals surface area (Å²) in [6, 6.07) is 1.46. The number of carbonyl (C=O) groups excluding carboxylic acids is 2. The van der Waals surface area contributed by atoms with Gasteiger partial charge in [-0.2, -0.15) is 0 Å². The molecular weight excluding hydrogens is 315 g/mol. The summed E-state index contributed by atoms with van der Waals surface area (Å²) in [7, 11) is 0. The lowest BCUT2D eigenvalue weighted by Crippen LogP contribution is -2.31. The Morgan fingerprint density at radius 2 is 2.00 bits per heavy atom. The van der Waals surface area contributed by atoms with Gasteiger partial charge in [-0.25, -0.2) is 4.98 Å². The van der Waals surface area contributed by atoms with E-state index in [-0.39, 0.29) is 22.7 Å². The minimum Gasteiger partial charge on any atom is -0.453 e. The van der Waals surface area contributed by atoms with Crippen molar-refractivity contribution in [2.45, 2.75) is 40.2 Å². The molecule has 0 aliphatic carbocycles. The summed E-state index contributed by atoms with van der Waals surface area (Å²) in [6.07, 6.45) is 0.651. The van der Waals surface area contributed by atoms with Crippen LogP contribution in [-0.2, 0) is 14.3 Å². The lowest BCUT2D eigenvalue weighted by atomic mass is 9.92. The van der Waals surface area contributed by atoms with Gasteiger partial charge in [-0.05, 0) is 18.4 Å². The molecule has 21 heavy (non-hydrogen) atoms. The van der Waals surface area contributed by atoms with Gasteiger partial charge in [-0.15, -0.1) is 0 Å². The Hall–Kier alpha value is -1.33. The molecule has 0 spiro atoms. The molecule has 1 aromatic heterocycles. The fourth-order valence-corrected chi connectivity index (χ4v) is 1.88. The number of carbonyl (C=O) groups is 2. The SMILES string of the molecule is C[C@H](OC(=O)CC(C)(C)C)C(=O)Nc1ncc(Cl)cc1Cl. The van der Waals surface area contributed by atoms with Crippen LogP contribution in [0.2, 0.25) is 10.0 Å². The maximum atomic E-state index is 11.9. The van der Waals surface area contributed by atoms with Gasteiger partial charge in [0, 0.05) is 6.20 Å². The van der Waals surface area contributed by atoms with Gasteiger partial charge in [-0.1, -0.05) is 44.0 Å². The van der Waals surface area contributed by atoms with E-state index in [0.717, 1.165) is 0 Å². The van der Waals surface area contributed by atoms with Crippen LogP contribution in [0, 0.1) is 5.41 Å². The van der Waals surface area contributed by atoms with Crippen LogP contribution in [0.1, 0.15) is 34.1 Å². The van der Waals surface area contributed by atoms with Crippen molar-refractivity contribution in [2.75, 3.05) is 5.32 Å². The average Bonchev–Trinajstić information content (AvgIpc) is 2.29. The first-order chi connectivity index (χ1) is 9.58. The molecule has 1 heterocycles. The average molecular weight is 333 g/mol. The zero-order chi connectivity index (χ0) is 16.2. The number of rotatable bonds is 4. The summed E-state index contributed by atoms with van der Waals surface area (Å²) in [4.78, 5) is 27.5. The van der Waals surface area contributed by atoms with Crippen LogP contribution in [0.4, 0.5) is 5.82 Å². The van der Waals surface area contributed by atoms with Gasteiger partial charge in [0.15, 0.2) is 11.9 Å². The molecule has 7 heteroatoms. The Bertz CT molecular complexity index is 542. The predicted molar refractivity (Wildman–Crippen MR) is 82.5 cm³/mol. The Kier molecular flexibility index (Phi) is 5.98. The second-order valence-electron chi connectivity index (χ2n) is 5.84. The minimum atomic E-state index is -0.937. The third-order valence-corrected chi connectivity index (χ3v) is 2.90. The van der Waals surface area contributed by atoms with Gasteiger partial charge < -0.3 is 10.1 Å². The predicted octanol–water partition coefficient (Wildman–Crippen LogP) is 3.69. The number of nitrogens with one attached hydrogen (secondary N) is 1. The number of pyridine rings is 1. The van der Waals surface area contributed by atoms with Gasteiger partial charge in [0.1, 0.15) is 0 Å². The quantitative estimate of drug-likeness (QED) is 0.853. The number of amides is 1. The van der Waals surface area contributed by atoms with Crippen LogP contribution in [0.15, 0.2) is 12.3 Å². The number of esters is 1. The number of anilines is 1. The van der Waals surface area contributed by atoms with E-state index in [2.05, 4.69) is 10.3 Å². The van der Waals surface area contributed by atoms with Crippen LogP contribution < -0.4 is 5.32 Å². The van der Waals surface area contributed by atoms with Crippen molar-refractivity contribution in [3.05, 3.63) is 22.3 Å². The third kappa shape index (κ3) is 6.31. The van der Waals surface area contributed by atoms with E-state index in [9.17, 15) is 9.59 Å². The highest BCUT2D eigenvalue weighted by molar-refractivity contribution is 6.36. The maximum absolute atomic E-state index is 11.9. The van der Waals surface area contributed by atoms with Crippen molar-refractivity contribution < 1.29 is 14.3 Å². The number of aromatic nitrogens is 1. The van der Waals surface area contributed by atoms with Crippen molar-refractivity contribution in [1.29, 1.82) is 0 Å². The minimum absolute atomic E-state index is 0.171. The molecule has 0 unspecified atom stereocenters. The highest BCUT2D eigenvalue weighted by atomic mass is 35.5. The highest BCUT2D eigenvalue weighted by Crippen LogP contribution is 2.23. The van der Waals surface area contributed by atoms with E-state index >= 15 is 0 Å². The Labute approximate surface area is 134 Å². The molecular formula is C14H18Cl2N2O3. The van der Waals surface area contributed by atoms with Crippen LogP contribution in [0.25, 0.3) is 0 Å². The lowest BCUT2D eigenvalue weighted by molar-refractivity contribution is -0.154. The van der Waals surface area contributed by atoms with E-state index < -0.39 is 18.0 Å². The first kappa shape index (κ1) is 17.7. The Balaban J connectivity index is 2.61.